The molecule has 1 aliphatic rings. The molecule has 0 saturated heterocycles. The minimum Gasteiger partial charge on any atom is -0.319 e. The fourth-order valence-corrected chi connectivity index (χ4v) is 2.04. The molecule has 2 N–H and O–H groups in total. The lowest BCUT2D eigenvalue weighted by Crippen LogP contribution is -2.11. The van der Waals surface area contributed by atoms with E-state index in [0.717, 1.165) is 18.3 Å². The van der Waals surface area contributed by atoms with Crippen LogP contribution in [0.2, 0.25) is 0 Å². The number of hydrogen-bond donors (Lipinski definition) is 1. The van der Waals surface area contributed by atoms with Crippen LogP contribution in [-0.4, -0.2) is 4.05 Å². The van der Waals surface area contributed by atoms with Gasteiger partial charge in [-0.2, -0.15) is 0 Å². The first-order valence-electron chi connectivity index (χ1n) is 4.16. The quantitative estimate of drug-likeness (QED) is 0.359. The molecular formula is C9H16IN. The van der Waals surface area contributed by atoms with E-state index in [-0.39, 0.29) is 4.05 Å². The van der Waals surface area contributed by atoms with Gasteiger partial charge in [-0.25, -0.2) is 0 Å². The average Bonchev–Trinajstić information content (AvgIpc) is 2.43. The SMILES string of the molecule is C=C(CC(N)I)CC1CC1C. The van der Waals surface area contributed by atoms with Gasteiger partial charge in [0.2, 0.25) is 0 Å². The molecule has 1 aliphatic carbocycles. The third-order valence-electron chi connectivity index (χ3n) is 2.31. The molecule has 0 aromatic heterocycles. The molecule has 64 valence electrons. The second-order valence-corrected chi connectivity index (χ2v) is 5.25. The molecule has 1 rings (SSSR count). The van der Waals surface area contributed by atoms with Gasteiger partial charge in [0.05, 0.1) is 4.05 Å². The maximum absolute atomic E-state index is 5.65. The number of alkyl halides is 1. The van der Waals surface area contributed by atoms with Crippen LogP contribution in [0.15, 0.2) is 12.2 Å². The standard InChI is InChI=1S/C9H16IN/c1-6(4-9(10)11)3-8-5-7(8)2/h7-9H,1,3-5,11H2,2H3. The van der Waals surface area contributed by atoms with Crippen molar-refractivity contribution in [3.8, 4) is 0 Å². The summed E-state index contributed by atoms with van der Waals surface area (Å²) in [6, 6.07) is 0. The van der Waals surface area contributed by atoms with Crippen molar-refractivity contribution in [2.24, 2.45) is 17.6 Å². The van der Waals surface area contributed by atoms with Crippen LogP contribution >= 0.6 is 22.6 Å². The van der Waals surface area contributed by atoms with E-state index in [9.17, 15) is 0 Å². The Hall–Kier alpha value is 0.430. The molecule has 3 atom stereocenters. The lowest BCUT2D eigenvalue weighted by Gasteiger charge is -2.05. The number of halogens is 1. The summed E-state index contributed by atoms with van der Waals surface area (Å²) >= 11 is 2.25. The Morgan fingerprint density at radius 3 is 2.73 bits per heavy atom. The molecule has 0 bridgehead atoms. The van der Waals surface area contributed by atoms with Crippen LogP contribution in [0.25, 0.3) is 0 Å². The normalized spacial score (nSPS) is 31.5. The minimum atomic E-state index is 0.258. The minimum absolute atomic E-state index is 0.258. The fourth-order valence-electron chi connectivity index (χ4n) is 1.41. The average molecular weight is 265 g/mol. The highest BCUT2D eigenvalue weighted by molar-refractivity contribution is 14.1. The van der Waals surface area contributed by atoms with Gasteiger partial charge in [0.15, 0.2) is 0 Å². The van der Waals surface area contributed by atoms with Gasteiger partial charge < -0.3 is 5.73 Å². The van der Waals surface area contributed by atoms with E-state index in [2.05, 4.69) is 36.1 Å². The van der Waals surface area contributed by atoms with E-state index in [1.54, 1.807) is 0 Å². The summed E-state index contributed by atoms with van der Waals surface area (Å²) in [7, 11) is 0. The second kappa shape index (κ2) is 3.90. The molecule has 0 amide bonds. The summed E-state index contributed by atoms with van der Waals surface area (Å²) in [6.07, 6.45) is 3.59. The molecule has 11 heavy (non-hydrogen) atoms. The maximum Gasteiger partial charge on any atom is 0.0606 e. The van der Waals surface area contributed by atoms with E-state index >= 15 is 0 Å². The summed E-state index contributed by atoms with van der Waals surface area (Å²) in [5.41, 5.74) is 6.98. The van der Waals surface area contributed by atoms with Crippen molar-refractivity contribution in [3.05, 3.63) is 12.2 Å². The Balaban J connectivity index is 2.11. The van der Waals surface area contributed by atoms with Crippen molar-refractivity contribution < 1.29 is 0 Å². The highest BCUT2D eigenvalue weighted by Gasteiger charge is 2.32. The van der Waals surface area contributed by atoms with E-state index in [0.29, 0.717) is 0 Å². The fraction of sp³-hybridized carbons (Fsp3) is 0.778. The summed E-state index contributed by atoms with van der Waals surface area (Å²) < 4.78 is 0.258. The molecule has 0 spiro atoms. The van der Waals surface area contributed by atoms with Gasteiger partial charge in [-0.05, 0) is 31.1 Å². The third kappa shape index (κ3) is 3.56. The van der Waals surface area contributed by atoms with E-state index in [1.165, 1.54) is 18.4 Å². The zero-order valence-electron chi connectivity index (χ0n) is 7.02. The van der Waals surface area contributed by atoms with Crippen molar-refractivity contribution >= 4 is 22.6 Å². The number of hydrogen-bond acceptors (Lipinski definition) is 1. The van der Waals surface area contributed by atoms with Gasteiger partial charge >= 0.3 is 0 Å². The van der Waals surface area contributed by atoms with Gasteiger partial charge in [0.1, 0.15) is 0 Å². The topological polar surface area (TPSA) is 26.0 Å². The molecular weight excluding hydrogens is 249 g/mol. The molecule has 0 heterocycles. The summed E-state index contributed by atoms with van der Waals surface area (Å²) in [6.45, 7) is 6.33. The molecule has 3 unspecified atom stereocenters. The lowest BCUT2D eigenvalue weighted by atomic mass is 10.1. The Labute approximate surface area is 82.6 Å². The zero-order chi connectivity index (χ0) is 8.43. The molecule has 1 fully saturated rings. The van der Waals surface area contributed by atoms with Crippen molar-refractivity contribution in [1.82, 2.24) is 0 Å². The summed E-state index contributed by atoms with van der Waals surface area (Å²) in [4.78, 5) is 0. The van der Waals surface area contributed by atoms with Gasteiger partial charge in [-0.1, -0.05) is 41.7 Å². The Kier molecular flexibility index (Phi) is 3.37. The van der Waals surface area contributed by atoms with Crippen LogP contribution < -0.4 is 5.73 Å². The van der Waals surface area contributed by atoms with Crippen molar-refractivity contribution in [1.29, 1.82) is 0 Å². The van der Waals surface area contributed by atoms with E-state index in [4.69, 9.17) is 5.73 Å². The molecule has 0 aromatic rings. The van der Waals surface area contributed by atoms with Crippen LogP contribution in [-0.2, 0) is 0 Å². The van der Waals surface area contributed by atoms with E-state index in [1.807, 2.05) is 0 Å². The predicted octanol–water partition coefficient (Wildman–Crippen LogP) is 2.70. The molecule has 2 heteroatoms. The Morgan fingerprint density at radius 2 is 2.36 bits per heavy atom. The lowest BCUT2D eigenvalue weighted by molar-refractivity contribution is 0.711. The smallest absolute Gasteiger partial charge is 0.0606 e. The van der Waals surface area contributed by atoms with Gasteiger partial charge in [-0.15, -0.1) is 0 Å². The van der Waals surface area contributed by atoms with Crippen LogP contribution in [0.3, 0.4) is 0 Å². The number of nitrogens with two attached hydrogens (primary N) is 1. The first-order chi connectivity index (χ1) is 5.09. The third-order valence-corrected chi connectivity index (χ3v) is 2.75. The number of rotatable bonds is 4. The zero-order valence-corrected chi connectivity index (χ0v) is 9.17. The summed E-state index contributed by atoms with van der Waals surface area (Å²) in [5, 5.41) is 0. The first kappa shape index (κ1) is 9.52. The first-order valence-corrected chi connectivity index (χ1v) is 5.40. The van der Waals surface area contributed by atoms with E-state index < -0.39 is 0 Å². The predicted molar refractivity (Wildman–Crippen MR) is 57.6 cm³/mol. The maximum atomic E-state index is 5.65. The van der Waals surface area contributed by atoms with Crippen LogP contribution in [0, 0.1) is 11.8 Å². The van der Waals surface area contributed by atoms with Gasteiger partial charge in [-0.3, -0.25) is 0 Å². The second-order valence-electron chi connectivity index (χ2n) is 3.65. The molecule has 1 saturated carbocycles. The molecule has 1 nitrogen and oxygen atoms in total. The Bertz CT molecular complexity index is 154. The van der Waals surface area contributed by atoms with Crippen molar-refractivity contribution in [2.75, 3.05) is 0 Å². The van der Waals surface area contributed by atoms with Crippen LogP contribution in [0.1, 0.15) is 26.2 Å². The highest BCUT2D eigenvalue weighted by Crippen LogP contribution is 2.42. The van der Waals surface area contributed by atoms with Gasteiger partial charge in [0.25, 0.3) is 0 Å². The largest absolute Gasteiger partial charge is 0.319 e. The highest BCUT2D eigenvalue weighted by atomic mass is 127. The molecule has 0 radical (unpaired) electrons. The van der Waals surface area contributed by atoms with Crippen LogP contribution in [0.5, 0.6) is 0 Å². The van der Waals surface area contributed by atoms with Crippen molar-refractivity contribution in [3.63, 3.8) is 0 Å². The Morgan fingerprint density at radius 1 is 1.82 bits per heavy atom. The monoisotopic (exact) mass is 265 g/mol. The summed E-state index contributed by atoms with van der Waals surface area (Å²) in [5.74, 6) is 1.87. The molecule has 0 aromatic carbocycles. The van der Waals surface area contributed by atoms with Crippen molar-refractivity contribution in [2.45, 2.75) is 30.2 Å². The van der Waals surface area contributed by atoms with Crippen LogP contribution in [0.4, 0.5) is 0 Å². The molecule has 0 aliphatic heterocycles. The van der Waals surface area contributed by atoms with Gasteiger partial charge in [0, 0.05) is 0 Å².